The summed E-state index contributed by atoms with van der Waals surface area (Å²) in [6.07, 6.45) is 1.30. The summed E-state index contributed by atoms with van der Waals surface area (Å²) < 4.78 is 16.3. The van der Waals surface area contributed by atoms with Crippen molar-refractivity contribution < 1.29 is 24.1 Å². The standard InChI is InChI=1S/C23H29NO5/c1-22(14-12-17-8-6-5-7-9-17)23(2,26)24(21(25)29-22)15-13-18-10-11-19(27-3)20(16-18)28-4/h5-11,16,26H,12-15H2,1-4H3/t22-,23+/m1/s1. The summed E-state index contributed by atoms with van der Waals surface area (Å²) in [5.74, 6) is 1.28. The Bertz CT molecular complexity index is 852. The SMILES string of the molecule is COc1ccc(CCN2C(=O)O[C@](C)(CCc3ccccc3)[C@]2(C)O)cc1OC. The van der Waals surface area contributed by atoms with E-state index in [-0.39, 0.29) is 0 Å². The van der Waals surface area contributed by atoms with Gasteiger partial charge < -0.3 is 19.3 Å². The number of aliphatic hydroxyl groups is 1. The quantitative estimate of drug-likeness (QED) is 0.731. The van der Waals surface area contributed by atoms with Crippen molar-refractivity contribution in [2.45, 2.75) is 44.4 Å². The molecule has 156 valence electrons. The Labute approximate surface area is 172 Å². The molecule has 29 heavy (non-hydrogen) atoms. The fourth-order valence-corrected chi connectivity index (χ4v) is 3.71. The van der Waals surface area contributed by atoms with E-state index >= 15 is 0 Å². The number of rotatable bonds is 8. The van der Waals surface area contributed by atoms with Crippen molar-refractivity contribution in [3.05, 3.63) is 59.7 Å². The van der Waals surface area contributed by atoms with Gasteiger partial charge in [-0.2, -0.15) is 0 Å². The predicted octanol–water partition coefficient (Wildman–Crippen LogP) is 3.80. The summed E-state index contributed by atoms with van der Waals surface area (Å²) in [6, 6.07) is 15.6. The molecule has 0 unspecified atom stereocenters. The highest BCUT2D eigenvalue weighted by atomic mass is 16.6. The smallest absolute Gasteiger partial charge is 0.412 e. The lowest BCUT2D eigenvalue weighted by molar-refractivity contribution is -0.138. The van der Waals surface area contributed by atoms with Gasteiger partial charge in [0.2, 0.25) is 0 Å². The molecule has 1 N–H and O–H groups in total. The monoisotopic (exact) mass is 399 g/mol. The van der Waals surface area contributed by atoms with Crippen molar-refractivity contribution >= 4 is 6.09 Å². The highest BCUT2D eigenvalue weighted by Gasteiger charge is 2.58. The molecule has 0 aliphatic carbocycles. The lowest BCUT2D eigenvalue weighted by atomic mass is 9.87. The van der Waals surface area contributed by atoms with Crippen LogP contribution in [-0.2, 0) is 17.6 Å². The molecule has 6 heteroatoms. The molecule has 0 bridgehead atoms. The number of hydrogen-bond donors (Lipinski definition) is 1. The maximum Gasteiger partial charge on any atom is 0.412 e. The third-order valence-electron chi connectivity index (χ3n) is 5.87. The van der Waals surface area contributed by atoms with Crippen LogP contribution in [0.3, 0.4) is 0 Å². The summed E-state index contributed by atoms with van der Waals surface area (Å²) in [4.78, 5) is 14.0. The Balaban J connectivity index is 1.69. The van der Waals surface area contributed by atoms with Crippen molar-refractivity contribution in [2.24, 2.45) is 0 Å². The molecule has 0 radical (unpaired) electrons. The minimum atomic E-state index is -1.41. The number of carbonyl (C=O) groups is 1. The van der Waals surface area contributed by atoms with E-state index in [0.29, 0.717) is 37.3 Å². The number of aryl methyl sites for hydroxylation is 1. The second-order valence-electron chi connectivity index (χ2n) is 7.70. The number of cyclic esters (lactones) is 1. The molecule has 1 aliphatic rings. The third kappa shape index (κ3) is 4.17. The van der Waals surface area contributed by atoms with E-state index in [9.17, 15) is 9.90 Å². The summed E-state index contributed by atoms with van der Waals surface area (Å²) in [5, 5.41) is 11.2. The summed E-state index contributed by atoms with van der Waals surface area (Å²) >= 11 is 0. The van der Waals surface area contributed by atoms with Crippen LogP contribution in [0.25, 0.3) is 0 Å². The average molecular weight is 399 g/mol. The maximum atomic E-state index is 12.6. The van der Waals surface area contributed by atoms with Crippen molar-refractivity contribution in [3.63, 3.8) is 0 Å². The van der Waals surface area contributed by atoms with Crippen molar-refractivity contribution in [1.82, 2.24) is 4.90 Å². The molecule has 3 rings (SSSR count). The van der Waals surface area contributed by atoms with E-state index in [2.05, 4.69) is 0 Å². The summed E-state index contributed by atoms with van der Waals surface area (Å²) in [6.45, 7) is 3.78. The normalized spacial score (nSPS) is 23.8. The highest BCUT2D eigenvalue weighted by molar-refractivity contribution is 5.72. The fourth-order valence-electron chi connectivity index (χ4n) is 3.71. The maximum absolute atomic E-state index is 12.6. The molecule has 2 aromatic rings. The van der Waals surface area contributed by atoms with E-state index in [1.54, 1.807) is 28.1 Å². The molecule has 1 amide bonds. The lowest BCUT2D eigenvalue weighted by Gasteiger charge is -2.37. The van der Waals surface area contributed by atoms with Crippen LogP contribution in [0.4, 0.5) is 4.79 Å². The van der Waals surface area contributed by atoms with E-state index in [1.165, 1.54) is 4.90 Å². The van der Waals surface area contributed by atoms with Gasteiger partial charge in [-0.05, 0) is 56.4 Å². The lowest BCUT2D eigenvalue weighted by Crippen LogP contribution is -2.55. The number of amides is 1. The van der Waals surface area contributed by atoms with Gasteiger partial charge in [0.05, 0.1) is 14.2 Å². The Hall–Kier alpha value is -2.73. The first-order chi connectivity index (χ1) is 13.8. The van der Waals surface area contributed by atoms with E-state index in [1.807, 2.05) is 48.5 Å². The molecular weight excluding hydrogens is 370 g/mol. The minimum absolute atomic E-state index is 0.336. The van der Waals surface area contributed by atoms with Crippen LogP contribution in [0.1, 0.15) is 31.4 Å². The van der Waals surface area contributed by atoms with Crippen molar-refractivity contribution in [3.8, 4) is 11.5 Å². The van der Waals surface area contributed by atoms with Gasteiger partial charge in [-0.25, -0.2) is 4.79 Å². The topological polar surface area (TPSA) is 68.2 Å². The van der Waals surface area contributed by atoms with Crippen LogP contribution in [0, 0.1) is 0 Å². The number of hydrogen-bond acceptors (Lipinski definition) is 5. The molecule has 6 nitrogen and oxygen atoms in total. The van der Waals surface area contributed by atoms with Crippen LogP contribution >= 0.6 is 0 Å². The van der Waals surface area contributed by atoms with Crippen molar-refractivity contribution in [1.29, 1.82) is 0 Å². The third-order valence-corrected chi connectivity index (χ3v) is 5.87. The van der Waals surface area contributed by atoms with Crippen LogP contribution in [-0.4, -0.2) is 48.2 Å². The number of nitrogens with zero attached hydrogens (tertiary/aromatic N) is 1. The van der Waals surface area contributed by atoms with Gasteiger partial charge in [0.15, 0.2) is 22.8 Å². The number of methoxy groups -OCH3 is 2. The van der Waals surface area contributed by atoms with Crippen LogP contribution in [0.15, 0.2) is 48.5 Å². The van der Waals surface area contributed by atoms with Gasteiger partial charge >= 0.3 is 6.09 Å². The second-order valence-corrected chi connectivity index (χ2v) is 7.70. The highest BCUT2D eigenvalue weighted by Crippen LogP contribution is 2.40. The number of carbonyl (C=O) groups excluding carboxylic acids is 1. The number of benzene rings is 2. The zero-order valence-electron chi connectivity index (χ0n) is 17.5. The molecule has 2 aromatic carbocycles. The van der Waals surface area contributed by atoms with Crippen LogP contribution < -0.4 is 9.47 Å². The zero-order chi connectivity index (χ0) is 21.1. The first-order valence-electron chi connectivity index (χ1n) is 9.78. The van der Waals surface area contributed by atoms with E-state index < -0.39 is 17.4 Å². The molecular formula is C23H29NO5. The van der Waals surface area contributed by atoms with E-state index in [0.717, 1.165) is 11.1 Å². The molecule has 0 spiro atoms. The molecule has 0 saturated carbocycles. The van der Waals surface area contributed by atoms with Crippen molar-refractivity contribution in [2.75, 3.05) is 20.8 Å². The molecule has 1 aliphatic heterocycles. The van der Waals surface area contributed by atoms with Crippen LogP contribution in [0.5, 0.6) is 11.5 Å². The zero-order valence-corrected chi connectivity index (χ0v) is 17.5. The van der Waals surface area contributed by atoms with Crippen LogP contribution in [0.2, 0.25) is 0 Å². The fraction of sp³-hybridized carbons (Fsp3) is 0.435. The number of ether oxygens (including phenoxy) is 3. The van der Waals surface area contributed by atoms with Gasteiger partial charge in [-0.15, -0.1) is 0 Å². The van der Waals surface area contributed by atoms with Gasteiger partial charge in [0, 0.05) is 6.54 Å². The molecule has 0 aromatic heterocycles. The molecule has 1 heterocycles. The van der Waals surface area contributed by atoms with Gasteiger partial charge in [-0.1, -0.05) is 36.4 Å². The minimum Gasteiger partial charge on any atom is -0.493 e. The average Bonchev–Trinajstić information content (AvgIpc) is 2.89. The van der Waals surface area contributed by atoms with Gasteiger partial charge in [-0.3, -0.25) is 4.90 Å². The first-order valence-corrected chi connectivity index (χ1v) is 9.78. The summed E-state index contributed by atoms with van der Waals surface area (Å²) in [7, 11) is 3.17. The Morgan fingerprint density at radius 1 is 0.966 bits per heavy atom. The first kappa shape index (κ1) is 21.0. The summed E-state index contributed by atoms with van der Waals surface area (Å²) in [5.41, 5.74) is -0.277. The molecule has 2 atom stereocenters. The Morgan fingerprint density at radius 2 is 1.66 bits per heavy atom. The van der Waals surface area contributed by atoms with Gasteiger partial charge in [0.1, 0.15) is 0 Å². The largest absolute Gasteiger partial charge is 0.493 e. The Morgan fingerprint density at radius 3 is 2.31 bits per heavy atom. The second kappa shape index (κ2) is 8.33. The molecule has 1 saturated heterocycles. The van der Waals surface area contributed by atoms with Gasteiger partial charge in [0.25, 0.3) is 0 Å². The van der Waals surface area contributed by atoms with E-state index in [4.69, 9.17) is 14.2 Å². The molecule has 1 fully saturated rings. The predicted molar refractivity (Wildman–Crippen MR) is 110 cm³/mol. The Kier molecular flexibility index (Phi) is 6.03.